The van der Waals surface area contributed by atoms with Crippen LogP contribution in [0.15, 0.2) is 58.9 Å². The Morgan fingerprint density at radius 1 is 1.22 bits per heavy atom. The number of thiazole rings is 1. The van der Waals surface area contributed by atoms with E-state index in [0.29, 0.717) is 29.7 Å². The Balaban J connectivity index is 1.71. The van der Waals surface area contributed by atoms with Crippen molar-refractivity contribution in [2.45, 2.75) is 4.90 Å². The van der Waals surface area contributed by atoms with Crippen LogP contribution in [0.4, 0.5) is 22.2 Å². The van der Waals surface area contributed by atoms with E-state index >= 15 is 0 Å². The van der Waals surface area contributed by atoms with Gasteiger partial charge >= 0.3 is 0 Å². The maximum atomic E-state index is 12.6. The van der Waals surface area contributed by atoms with E-state index in [0.717, 1.165) is 11.4 Å². The number of fused-ring (bicyclic) bond motifs is 1. The molecule has 0 amide bonds. The molecule has 1 N–H and O–H groups in total. The lowest BCUT2D eigenvalue weighted by atomic mass is 10.2. The van der Waals surface area contributed by atoms with Crippen molar-refractivity contribution in [2.75, 3.05) is 22.8 Å². The lowest BCUT2D eigenvalue weighted by molar-refractivity contribution is 0.313. The third kappa shape index (κ3) is 3.32. The summed E-state index contributed by atoms with van der Waals surface area (Å²) in [5, 5.41) is 2.00. The number of nitrogens with one attached hydrogen (secondary N) is 1. The molecule has 0 spiro atoms. The molecule has 0 saturated carbocycles. The Morgan fingerprint density at radius 3 is 2.85 bits per heavy atom. The number of hydrogen-bond acceptors (Lipinski definition) is 6. The van der Waals surface area contributed by atoms with Crippen LogP contribution in [-0.4, -0.2) is 26.6 Å². The van der Waals surface area contributed by atoms with Gasteiger partial charge in [-0.2, -0.15) is 0 Å². The average Bonchev–Trinajstić information content (AvgIpc) is 3.19. The van der Waals surface area contributed by atoms with Gasteiger partial charge in [0.25, 0.3) is 10.0 Å². The zero-order chi connectivity index (χ0) is 18.9. The van der Waals surface area contributed by atoms with Crippen molar-refractivity contribution in [1.82, 2.24) is 4.98 Å². The third-order valence-electron chi connectivity index (χ3n) is 4.05. The lowest BCUT2D eigenvalue weighted by Gasteiger charge is -2.32. The molecule has 0 atom stereocenters. The van der Waals surface area contributed by atoms with Gasteiger partial charge in [-0.25, -0.2) is 18.2 Å². The van der Waals surface area contributed by atoms with Crippen LogP contribution in [0.2, 0.25) is 0 Å². The topological polar surface area (TPSA) is 75.9 Å². The molecule has 2 heterocycles. The highest BCUT2D eigenvalue weighted by atomic mass is 32.2. The largest absolute Gasteiger partial charge is 0.489 e. The van der Waals surface area contributed by atoms with E-state index < -0.39 is 10.0 Å². The van der Waals surface area contributed by atoms with Crippen molar-refractivity contribution in [3.8, 4) is 5.75 Å². The van der Waals surface area contributed by atoms with Gasteiger partial charge in [-0.15, -0.1) is 11.3 Å². The summed E-state index contributed by atoms with van der Waals surface area (Å²) in [5.74, 6) is 0.461. The minimum atomic E-state index is -3.76. The molecular weight excluding hydrogens is 384 g/mol. The van der Waals surface area contributed by atoms with Crippen LogP contribution in [0.5, 0.6) is 5.75 Å². The Bertz CT molecular complexity index is 1120. The number of para-hydroxylation sites is 2. The summed E-state index contributed by atoms with van der Waals surface area (Å²) >= 11 is 1.21. The van der Waals surface area contributed by atoms with E-state index in [2.05, 4.69) is 14.6 Å². The number of anilines is 3. The van der Waals surface area contributed by atoms with Crippen LogP contribution < -0.4 is 14.4 Å². The highest BCUT2D eigenvalue weighted by molar-refractivity contribution is 7.93. The number of aromatic nitrogens is 1. The summed E-state index contributed by atoms with van der Waals surface area (Å²) in [7, 11) is -3.76. The summed E-state index contributed by atoms with van der Waals surface area (Å²) in [6.07, 6.45) is 1.53. The van der Waals surface area contributed by atoms with Gasteiger partial charge in [0, 0.05) is 23.3 Å². The number of hydrogen-bond donors (Lipinski definition) is 1. The molecule has 0 fully saturated rings. The lowest BCUT2D eigenvalue weighted by Crippen LogP contribution is -2.28. The van der Waals surface area contributed by atoms with Crippen LogP contribution in [0.1, 0.15) is 0 Å². The van der Waals surface area contributed by atoms with E-state index in [1.807, 2.05) is 23.1 Å². The fourth-order valence-electron chi connectivity index (χ4n) is 2.85. The Labute approximate surface area is 160 Å². The molecule has 136 valence electrons. The molecular formula is C18H14N4O3S2. The number of ether oxygens (including phenoxy) is 1. The van der Waals surface area contributed by atoms with Crippen molar-refractivity contribution in [3.05, 3.63) is 65.5 Å². The van der Waals surface area contributed by atoms with Crippen molar-refractivity contribution in [1.29, 1.82) is 0 Å². The quantitative estimate of drug-likeness (QED) is 0.672. The van der Waals surface area contributed by atoms with Crippen molar-refractivity contribution >= 4 is 43.6 Å². The molecule has 0 aliphatic carbocycles. The maximum absolute atomic E-state index is 12.6. The first-order valence-electron chi connectivity index (χ1n) is 8.02. The van der Waals surface area contributed by atoms with Gasteiger partial charge in [0.1, 0.15) is 12.4 Å². The first-order valence-corrected chi connectivity index (χ1v) is 10.4. The fraction of sp³-hybridized carbons (Fsp3) is 0.111. The summed E-state index contributed by atoms with van der Waals surface area (Å²) in [6, 6.07) is 12.0. The second-order valence-electron chi connectivity index (χ2n) is 5.67. The molecule has 2 aromatic carbocycles. The minimum Gasteiger partial charge on any atom is -0.489 e. The van der Waals surface area contributed by atoms with Gasteiger partial charge in [-0.1, -0.05) is 18.2 Å². The molecule has 3 aromatic rings. The van der Waals surface area contributed by atoms with Crippen LogP contribution in [-0.2, 0) is 10.0 Å². The van der Waals surface area contributed by atoms with E-state index in [1.54, 1.807) is 17.5 Å². The third-order valence-corrected chi connectivity index (χ3v) is 6.21. The first-order chi connectivity index (χ1) is 13.1. The minimum absolute atomic E-state index is 0.0942. The second-order valence-corrected chi connectivity index (χ2v) is 8.25. The fourth-order valence-corrected chi connectivity index (χ4v) is 4.66. The van der Waals surface area contributed by atoms with Crippen LogP contribution in [0.3, 0.4) is 0 Å². The molecule has 4 rings (SSSR count). The van der Waals surface area contributed by atoms with Gasteiger partial charge in [-0.05, 0) is 18.2 Å². The van der Waals surface area contributed by atoms with Crippen LogP contribution in [0.25, 0.3) is 4.85 Å². The molecule has 27 heavy (non-hydrogen) atoms. The van der Waals surface area contributed by atoms with Gasteiger partial charge in [0.15, 0.2) is 5.13 Å². The molecule has 1 aromatic heterocycles. The molecule has 1 aliphatic heterocycles. The predicted octanol–water partition coefficient (Wildman–Crippen LogP) is 4.03. The van der Waals surface area contributed by atoms with Crippen molar-refractivity contribution < 1.29 is 13.2 Å². The van der Waals surface area contributed by atoms with Gasteiger partial charge in [0.05, 0.1) is 23.7 Å². The van der Waals surface area contributed by atoms with Gasteiger partial charge < -0.3 is 9.64 Å². The standard InChI is InChI=1S/C18H14N4O3S2/c1-19-14-4-2-3-5-15(14)22-9-10-25-17-12-13(6-7-16(17)22)27(23,24)21-18-20-8-11-26-18/h2-8,11-12H,9-10H2,(H,20,21). The number of nitrogens with zero attached hydrogens (tertiary/aromatic N) is 3. The summed E-state index contributed by atoms with van der Waals surface area (Å²) in [5.41, 5.74) is 2.03. The normalized spacial score (nSPS) is 13.4. The summed E-state index contributed by atoms with van der Waals surface area (Å²) < 4.78 is 33.3. The molecule has 0 saturated heterocycles. The van der Waals surface area contributed by atoms with Crippen molar-refractivity contribution in [2.24, 2.45) is 0 Å². The zero-order valence-corrected chi connectivity index (χ0v) is 15.6. The highest BCUT2D eigenvalue weighted by Gasteiger charge is 2.24. The summed E-state index contributed by atoms with van der Waals surface area (Å²) in [6.45, 7) is 8.34. The molecule has 0 radical (unpaired) electrons. The van der Waals surface area contributed by atoms with Crippen molar-refractivity contribution in [3.63, 3.8) is 0 Å². The number of sulfonamides is 1. The molecule has 7 nitrogen and oxygen atoms in total. The van der Waals surface area contributed by atoms with Crippen LogP contribution in [0, 0.1) is 6.57 Å². The first kappa shape index (κ1) is 17.3. The average molecular weight is 398 g/mol. The van der Waals surface area contributed by atoms with Gasteiger partial charge in [-0.3, -0.25) is 4.72 Å². The summed E-state index contributed by atoms with van der Waals surface area (Å²) in [4.78, 5) is 9.58. The Kier molecular flexibility index (Phi) is 4.43. The van der Waals surface area contributed by atoms with Crippen LogP contribution >= 0.6 is 11.3 Å². The maximum Gasteiger partial charge on any atom is 0.263 e. The van der Waals surface area contributed by atoms with E-state index in [9.17, 15) is 8.42 Å². The van der Waals surface area contributed by atoms with Gasteiger partial charge in [0.2, 0.25) is 5.69 Å². The number of benzene rings is 2. The van der Waals surface area contributed by atoms with E-state index in [1.165, 1.54) is 29.7 Å². The monoisotopic (exact) mass is 398 g/mol. The molecule has 0 unspecified atom stereocenters. The smallest absolute Gasteiger partial charge is 0.263 e. The molecule has 0 bridgehead atoms. The Hall–Kier alpha value is -3.09. The Morgan fingerprint density at radius 2 is 2.07 bits per heavy atom. The zero-order valence-electron chi connectivity index (χ0n) is 14.0. The predicted molar refractivity (Wildman–Crippen MR) is 105 cm³/mol. The number of rotatable bonds is 4. The SMILES string of the molecule is [C-]#[N+]c1ccccc1N1CCOc2cc(S(=O)(=O)Nc3nccs3)ccc21. The highest BCUT2D eigenvalue weighted by Crippen LogP contribution is 2.41. The molecule has 9 heteroatoms. The second kappa shape index (κ2) is 6.90. The van der Waals surface area contributed by atoms with E-state index in [4.69, 9.17) is 11.3 Å². The molecule has 1 aliphatic rings. The van der Waals surface area contributed by atoms with E-state index in [-0.39, 0.29) is 4.90 Å².